The number of nitrogens with zero attached hydrogens (tertiary/aromatic N) is 4. The Bertz CT molecular complexity index is 528. The van der Waals surface area contributed by atoms with Gasteiger partial charge in [0, 0.05) is 51.4 Å². The second-order valence-corrected chi connectivity index (χ2v) is 7.71. The normalized spacial score (nSPS) is 22.3. The second kappa shape index (κ2) is 7.53. The Morgan fingerprint density at radius 1 is 1.30 bits per heavy atom. The fourth-order valence-corrected chi connectivity index (χ4v) is 4.20. The van der Waals surface area contributed by atoms with Crippen LogP contribution in [0.3, 0.4) is 0 Å². The number of hydrogen-bond donors (Lipinski definition) is 0. The summed E-state index contributed by atoms with van der Waals surface area (Å²) in [5.41, 5.74) is 1.18. The molecule has 0 aliphatic carbocycles. The summed E-state index contributed by atoms with van der Waals surface area (Å²) in [6.07, 6.45) is 4.04. The van der Waals surface area contributed by atoms with E-state index in [0.717, 1.165) is 56.3 Å². The van der Waals surface area contributed by atoms with Crippen molar-refractivity contribution in [1.82, 2.24) is 14.8 Å². The maximum absolute atomic E-state index is 12.8. The van der Waals surface area contributed by atoms with E-state index in [1.54, 1.807) is 0 Å². The van der Waals surface area contributed by atoms with Crippen LogP contribution in [-0.4, -0.2) is 72.0 Å². The van der Waals surface area contributed by atoms with Crippen LogP contribution >= 0.6 is 11.8 Å². The maximum atomic E-state index is 12.8. The van der Waals surface area contributed by atoms with Gasteiger partial charge in [-0.15, -0.1) is 0 Å². The molecular formula is C17H26N4OS. The number of amides is 1. The van der Waals surface area contributed by atoms with E-state index in [-0.39, 0.29) is 6.04 Å². The first kappa shape index (κ1) is 16.6. The van der Waals surface area contributed by atoms with Crippen molar-refractivity contribution >= 4 is 23.5 Å². The van der Waals surface area contributed by atoms with E-state index in [0.29, 0.717) is 5.91 Å². The van der Waals surface area contributed by atoms with Crippen molar-refractivity contribution in [3.8, 4) is 0 Å². The molecule has 1 aromatic heterocycles. The van der Waals surface area contributed by atoms with Gasteiger partial charge in [0.2, 0.25) is 5.91 Å². The largest absolute Gasteiger partial charge is 0.363 e. The lowest BCUT2D eigenvalue weighted by molar-refractivity contribution is -0.135. The molecule has 0 aromatic carbocycles. The first-order valence-corrected chi connectivity index (χ1v) is 9.53. The molecule has 1 aromatic rings. The van der Waals surface area contributed by atoms with Crippen LogP contribution in [0.15, 0.2) is 18.3 Å². The van der Waals surface area contributed by atoms with Crippen molar-refractivity contribution < 1.29 is 4.79 Å². The molecule has 1 amide bonds. The number of pyridine rings is 1. The fourth-order valence-electron chi connectivity index (χ4n) is 3.30. The molecule has 0 radical (unpaired) electrons. The SMILES string of the molecule is CN(C)c1ccc(CN2CCCC2C(=O)N2CCSCC2)cn1. The molecule has 5 nitrogen and oxygen atoms in total. The zero-order chi connectivity index (χ0) is 16.2. The predicted octanol–water partition coefficient (Wildman–Crippen LogP) is 1.69. The number of anilines is 1. The lowest BCUT2D eigenvalue weighted by atomic mass is 10.1. The standard InChI is InChI=1S/C17H26N4OS/c1-19(2)16-6-5-14(12-18-16)13-21-7-3-4-15(21)17(22)20-8-10-23-11-9-20/h5-6,12,15H,3-4,7-11,13H2,1-2H3. The lowest BCUT2D eigenvalue weighted by Gasteiger charge is -2.32. The highest BCUT2D eigenvalue weighted by Crippen LogP contribution is 2.23. The molecule has 0 spiro atoms. The molecule has 1 atom stereocenters. The average Bonchev–Trinajstić information content (AvgIpc) is 3.03. The summed E-state index contributed by atoms with van der Waals surface area (Å²) < 4.78 is 0. The van der Waals surface area contributed by atoms with E-state index < -0.39 is 0 Å². The molecule has 3 heterocycles. The summed E-state index contributed by atoms with van der Waals surface area (Å²) in [5.74, 6) is 3.46. The van der Waals surface area contributed by atoms with E-state index >= 15 is 0 Å². The highest BCUT2D eigenvalue weighted by atomic mass is 32.2. The fraction of sp³-hybridized carbons (Fsp3) is 0.647. The topological polar surface area (TPSA) is 39.7 Å². The second-order valence-electron chi connectivity index (χ2n) is 6.49. The quantitative estimate of drug-likeness (QED) is 0.838. The Hall–Kier alpha value is -1.27. The predicted molar refractivity (Wildman–Crippen MR) is 95.9 cm³/mol. The molecule has 126 valence electrons. The van der Waals surface area contributed by atoms with Crippen molar-refractivity contribution in [2.45, 2.75) is 25.4 Å². The van der Waals surface area contributed by atoms with E-state index in [1.807, 2.05) is 43.0 Å². The van der Waals surface area contributed by atoms with Gasteiger partial charge in [-0.1, -0.05) is 6.07 Å². The van der Waals surface area contributed by atoms with Gasteiger partial charge in [-0.3, -0.25) is 9.69 Å². The Balaban J connectivity index is 1.63. The molecule has 0 bridgehead atoms. The van der Waals surface area contributed by atoms with Crippen LogP contribution in [0, 0.1) is 0 Å². The summed E-state index contributed by atoms with van der Waals surface area (Å²) in [4.78, 5) is 23.7. The van der Waals surface area contributed by atoms with Crippen LogP contribution in [-0.2, 0) is 11.3 Å². The van der Waals surface area contributed by atoms with Crippen LogP contribution in [0.2, 0.25) is 0 Å². The first-order valence-electron chi connectivity index (χ1n) is 8.38. The van der Waals surface area contributed by atoms with Gasteiger partial charge in [-0.2, -0.15) is 11.8 Å². The Kier molecular flexibility index (Phi) is 5.43. The monoisotopic (exact) mass is 334 g/mol. The number of likely N-dealkylation sites (tertiary alicyclic amines) is 1. The third-order valence-electron chi connectivity index (χ3n) is 4.62. The molecule has 0 saturated carbocycles. The number of thioether (sulfide) groups is 1. The minimum atomic E-state index is 0.0617. The molecule has 1 unspecified atom stereocenters. The van der Waals surface area contributed by atoms with Gasteiger partial charge in [0.25, 0.3) is 0 Å². The summed E-state index contributed by atoms with van der Waals surface area (Å²) in [7, 11) is 3.99. The summed E-state index contributed by atoms with van der Waals surface area (Å²) in [6.45, 7) is 3.65. The van der Waals surface area contributed by atoms with Crippen molar-refractivity contribution in [2.75, 3.05) is 50.1 Å². The third-order valence-corrected chi connectivity index (χ3v) is 5.57. The van der Waals surface area contributed by atoms with Gasteiger partial charge in [0.15, 0.2) is 0 Å². The summed E-state index contributed by atoms with van der Waals surface area (Å²) in [5, 5.41) is 0. The van der Waals surface area contributed by atoms with Crippen molar-refractivity contribution in [3.05, 3.63) is 23.9 Å². The van der Waals surface area contributed by atoms with Crippen molar-refractivity contribution in [3.63, 3.8) is 0 Å². The van der Waals surface area contributed by atoms with Crippen LogP contribution in [0.4, 0.5) is 5.82 Å². The molecule has 2 aliphatic heterocycles. The van der Waals surface area contributed by atoms with Gasteiger partial charge in [0.1, 0.15) is 5.82 Å². The van der Waals surface area contributed by atoms with E-state index in [4.69, 9.17) is 0 Å². The number of rotatable bonds is 4. The Morgan fingerprint density at radius 3 is 2.74 bits per heavy atom. The van der Waals surface area contributed by atoms with Gasteiger partial charge >= 0.3 is 0 Å². The molecule has 23 heavy (non-hydrogen) atoms. The maximum Gasteiger partial charge on any atom is 0.239 e. The third kappa shape index (κ3) is 3.98. The summed E-state index contributed by atoms with van der Waals surface area (Å²) >= 11 is 1.95. The van der Waals surface area contributed by atoms with Crippen LogP contribution in [0.5, 0.6) is 0 Å². The van der Waals surface area contributed by atoms with E-state index in [2.05, 4.69) is 20.9 Å². The molecule has 0 N–H and O–H groups in total. The Labute approximate surface area is 143 Å². The van der Waals surface area contributed by atoms with Crippen LogP contribution in [0.25, 0.3) is 0 Å². The molecular weight excluding hydrogens is 308 g/mol. The van der Waals surface area contributed by atoms with Crippen LogP contribution in [0.1, 0.15) is 18.4 Å². The number of hydrogen-bond acceptors (Lipinski definition) is 5. The average molecular weight is 334 g/mol. The highest BCUT2D eigenvalue weighted by Gasteiger charge is 2.34. The minimum Gasteiger partial charge on any atom is -0.363 e. The lowest BCUT2D eigenvalue weighted by Crippen LogP contribution is -2.48. The van der Waals surface area contributed by atoms with Gasteiger partial charge in [-0.25, -0.2) is 4.98 Å². The molecule has 3 rings (SSSR count). The van der Waals surface area contributed by atoms with Gasteiger partial charge in [-0.05, 0) is 31.0 Å². The van der Waals surface area contributed by atoms with Crippen LogP contribution < -0.4 is 4.90 Å². The molecule has 2 aliphatic rings. The molecule has 2 fully saturated rings. The number of carbonyl (C=O) groups excluding carboxylic acids is 1. The highest BCUT2D eigenvalue weighted by molar-refractivity contribution is 7.99. The number of carbonyl (C=O) groups is 1. The van der Waals surface area contributed by atoms with Crippen molar-refractivity contribution in [1.29, 1.82) is 0 Å². The summed E-state index contributed by atoms with van der Waals surface area (Å²) in [6, 6.07) is 4.23. The zero-order valence-corrected chi connectivity index (χ0v) is 14.9. The van der Waals surface area contributed by atoms with Gasteiger partial charge < -0.3 is 9.80 Å². The molecule has 6 heteroatoms. The number of aromatic nitrogens is 1. The van der Waals surface area contributed by atoms with E-state index in [1.165, 1.54) is 5.56 Å². The Morgan fingerprint density at radius 2 is 2.09 bits per heavy atom. The van der Waals surface area contributed by atoms with E-state index in [9.17, 15) is 4.79 Å². The van der Waals surface area contributed by atoms with Gasteiger partial charge in [0.05, 0.1) is 6.04 Å². The first-order chi connectivity index (χ1) is 11.1. The zero-order valence-electron chi connectivity index (χ0n) is 14.1. The smallest absolute Gasteiger partial charge is 0.239 e. The molecule has 2 saturated heterocycles. The minimum absolute atomic E-state index is 0.0617. The van der Waals surface area contributed by atoms with Crippen molar-refractivity contribution in [2.24, 2.45) is 0 Å².